The molecule has 0 aromatic heterocycles. The Morgan fingerprint density at radius 2 is 2.00 bits per heavy atom. The standard InChI is InChI=1S/C19H27NO9S.K/c1-2-3-9-15(22)20-16-18(29-30(24,25)26)17(23)14(12-21)28-19(16)27-11-10-13-7-5-4-6-8-13;/h2,4-8,14,16-19,21,23H,1,3,9-12H2,(H,20,22)(H,24,25,26);/q;+1/p-1/t14-,16-,17-,18-,19+;/m1./s1. The minimum absolute atomic E-state index is 0. The molecule has 2 rings (SSSR count). The van der Waals surface area contributed by atoms with E-state index in [0.29, 0.717) is 12.8 Å². The molecular weight excluding hydrogens is 457 g/mol. The third kappa shape index (κ3) is 9.66. The van der Waals surface area contributed by atoms with Crippen molar-refractivity contribution in [1.82, 2.24) is 5.32 Å². The van der Waals surface area contributed by atoms with Gasteiger partial charge in [0.2, 0.25) is 16.3 Å². The fourth-order valence-electron chi connectivity index (χ4n) is 3.04. The van der Waals surface area contributed by atoms with Crippen LogP contribution >= 0.6 is 0 Å². The van der Waals surface area contributed by atoms with Crippen LogP contribution in [0.4, 0.5) is 0 Å². The number of hydrogen-bond donors (Lipinski definition) is 3. The molecule has 1 saturated heterocycles. The molecule has 1 aliphatic heterocycles. The van der Waals surface area contributed by atoms with Crippen LogP contribution in [0.3, 0.4) is 0 Å². The minimum atomic E-state index is -5.23. The van der Waals surface area contributed by atoms with E-state index < -0.39 is 53.6 Å². The Labute approximate surface area is 224 Å². The number of rotatable bonds is 11. The van der Waals surface area contributed by atoms with Gasteiger partial charge in [-0.3, -0.25) is 8.98 Å². The summed E-state index contributed by atoms with van der Waals surface area (Å²) in [5.41, 5.74) is 0.966. The summed E-state index contributed by atoms with van der Waals surface area (Å²) in [7, 11) is -5.23. The van der Waals surface area contributed by atoms with Crippen molar-refractivity contribution in [2.75, 3.05) is 13.2 Å². The van der Waals surface area contributed by atoms with E-state index in [1.54, 1.807) is 0 Å². The molecule has 10 nitrogen and oxygen atoms in total. The van der Waals surface area contributed by atoms with E-state index in [4.69, 9.17) is 9.47 Å². The third-order valence-electron chi connectivity index (χ3n) is 4.50. The maximum atomic E-state index is 12.2. The zero-order valence-corrected chi connectivity index (χ0v) is 21.2. The third-order valence-corrected chi connectivity index (χ3v) is 4.96. The second-order valence-electron chi connectivity index (χ2n) is 6.71. The average Bonchev–Trinajstić information content (AvgIpc) is 2.70. The summed E-state index contributed by atoms with van der Waals surface area (Å²) in [5.74, 6) is -0.508. The summed E-state index contributed by atoms with van der Waals surface area (Å²) in [6, 6.07) is 8.04. The van der Waals surface area contributed by atoms with Gasteiger partial charge in [-0.25, -0.2) is 8.42 Å². The maximum Gasteiger partial charge on any atom is 1.00 e. The first kappa shape index (κ1) is 28.8. The van der Waals surface area contributed by atoms with Crippen LogP contribution in [0.1, 0.15) is 18.4 Å². The fourth-order valence-corrected chi connectivity index (χ4v) is 3.55. The zero-order chi connectivity index (χ0) is 22.1. The van der Waals surface area contributed by atoms with Crippen molar-refractivity contribution in [3.63, 3.8) is 0 Å². The first-order valence-corrected chi connectivity index (χ1v) is 10.7. The number of carbonyl (C=O) groups is 1. The van der Waals surface area contributed by atoms with Gasteiger partial charge in [0.15, 0.2) is 6.29 Å². The quantitative estimate of drug-likeness (QED) is 0.127. The summed E-state index contributed by atoms with van der Waals surface area (Å²) in [6.07, 6.45) is -3.55. The first-order chi connectivity index (χ1) is 14.2. The van der Waals surface area contributed by atoms with Gasteiger partial charge in [-0.05, 0) is 18.4 Å². The molecule has 1 fully saturated rings. The van der Waals surface area contributed by atoms with E-state index in [9.17, 15) is 28.0 Å². The minimum Gasteiger partial charge on any atom is -0.726 e. The Bertz CT molecular complexity index is 793. The van der Waals surface area contributed by atoms with Gasteiger partial charge >= 0.3 is 51.4 Å². The number of aliphatic hydroxyl groups excluding tert-OH is 2. The molecule has 1 aliphatic rings. The predicted octanol–water partition coefficient (Wildman–Crippen LogP) is -3.38. The van der Waals surface area contributed by atoms with Gasteiger partial charge in [0.25, 0.3) is 0 Å². The molecule has 1 aromatic carbocycles. The Hall–Kier alpha value is -0.224. The number of hydrogen-bond acceptors (Lipinski definition) is 9. The maximum absolute atomic E-state index is 12.2. The van der Waals surface area contributed by atoms with E-state index in [0.717, 1.165) is 5.56 Å². The Morgan fingerprint density at radius 3 is 2.58 bits per heavy atom. The number of amides is 1. The van der Waals surface area contributed by atoms with Crippen LogP contribution in [-0.4, -0.2) is 72.9 Å². The second kappa shape index (κ2) is 14.1. The van der Waals surface area contributed by atoms with E-state index in [1.165, 1.54) is 6.08 Å². The van der Waals surface area contributed by atoms with E-state index in [1.807, 2.05) is 30.3 Å². The summed E-state index contributed by atoms with van der Waals surface area (Å²) in [5, 5.41) is 22.3. The average molecular weight is 484 g/mol. The van der Waals surface area contributed by atoms with Crippen molar-refractivity contribution >= 4 is 16.3 Å². The van der Waals surface area contributed by atoms with Gasteiger partial charge in [-0.15, -0.1) is 6.58 Å². The molecule has 0 spiro atoms. The summed E-state index contributed by atoms with van der Waals surface area (Å²) >= 11 is 0. The van der Waals surface area contributed by atoms with Gasteiger partial charge in [-0.2, -0.15) is 0 Å². The molecule has 0 aliphatic carbocycles. The van der Waals surface area contributed by atoms with Gasteiger partial charge in [0.05, 0.1) is 13.2 Å². The van der Waals surface area contributed by atoms with Crippen molar-refractivity contribution in [2.24, 2.45) is 0 Å². The molecule has 0 unspecified atom stereocenters. The van der Waals surface area contributed by atoms with Gasteiger partial charge in [0, 0.05) is 6.42 Å². The monoisotopic (exact) mass is 483 g/mol. The van der Waals surface area contributed by atoms with Crippen LogP contribution in [-0.2, 0) is 35.3 Å². The zero-order valence-electron chi connectivity index (χ0n) is 17.3. The predicted molar refractivity (Wildman–Crippen MR) is 104 cm³/mol. The topological polar surface area (TPSA) is 154 Å². The number of aliphatic hydroxyl groups is 2. The molecule has 5 atom stereocenters. The smallest absolute Gasteiger partial charge is 0.726 e. The van der Waals surface area contributed by atoms with E-state index in [-0.39, 0.29) is 64.4 Å². The molecule has 1 amide bonds. The number of nitrogens with one attached hydrogen (secondary N) is 1. The molecule has 0 radical (unpaired) electrons. The summed E-state index contributed by atoms with van der Waals surface area (Å²) in [6.45, 7) is 2.96. The number of benzene rings is 1. The molecule has 3 N–H and O–H groups in total. The number of ether oxygens (including phenoxy) is 2. The Balaban J connectivity index is 0.00000480. The van der Waals surface area contributed by atoms with Gasteiger partial charge < -0.3 is 29.6 Å². The van der Waals surface area contributed by atoms with Crippen LogP contribution in [0.25, 0.3) is 0 Å². The summed E-state index contributed by atoms with van der Waals surface area (Å²) < 4.78 is 49.3. The molecule has 0 saturated carbocycles. The Kier molecular flexibility index (Phi) is 13.1. The first-order valence-electron chi connectivity index (χ1n) is 9.39. The summed E-state index contributed by atoms with van der Waals surface area (Å²) in [4.78, 5) is 12.2. The molecule has 31 heavy (non-hydrogen) atoms. The fraction of sp³-hybridized carbons (Fsp3) is 0.526. The molecule has 1 heterocycles. The van der Waals surface area contributed by atoms with Crippen LogP contribution in [0, 0.1) is 0 Å². The van der Waals surface area contributed by atoms with Crippen molar-refractivity contribution in [3.8, 4) is 0 Å². The molecule has 12 heteroatoms. The van der Waals surface area contributed by atoms with E-state index in [2.05, 4.69) is 16.1 Å². The van der Waals surface area contributed by atoms with Crippen molar-refractivity contribution in [3.05, 3.63) is 48.6 Å². The van der Waals surface area contributed by atoms with Crippen molar-refractivity contribution < 1.29 is 93.0 Å². The number of carbonyl (C=O) groups excluding carboxylic acids is 1. The Morgan fingerprint density at radius 1 is 1.32 bits per heavy atom. The van der Waals surface area contributed by atoms with Crippen LogP contribution in [0.2, 0.25) is 0 Å². The molecule has 1 aromatic rings. The molecule has 168 valence electrons. The van der Waals surface area contributed by atoms with Gasteiger partial charge in [0.1, 0.15) is 24.4 Å². The van der Waals surface area contributed by atoms with Crippen molar-refractivity contribution in [1.29, 1.82) is 0 Å². The number of allylic oxidation sites excluding steroid dienone is 1. The second-order valence-corrected chi connectivity index (χ2v) is 7.72. The normalized spacial score (nSPS) is 26.0. The van der Waals surface area contributed by atoms with Crippen molar-refractivity contribution in [2.45, 2.75) is 49.9 Å². The van der Waals surface area contributed by atoms with Crippen LogP contribution in [0.5, 0.6) is 0 Å². The SMILES string of the molecule is C=CCCC(=O)N[C@H]1[C@@H](OCCc2ccccc2)O[C@H](CO)[C@@H](O)[C@@H]1OS(=O)(=O)[O-].[K+]. The largest absolute Gasteiger partial charge is 1.00 e. The van der Waals surface area contributed by atoms with Gasteiger partial charge in [-0.1, -0.05) is 36.4 Å². The van der Waals surface area contributed by atoms with Crippen LogP contribution < -0.4 is 56.7 Å². The molecule has 0 bridgehead atoms. The van der Waals surface area contributed by atoms with E-state index >= 15 is 0 Å². The molecular formula is C19H26KNO9S. The van der Waals surface area contributed by atoms with Crippen LogP contribution in [0.15, 0.2) is 43.0 Å².